The van der Waals surface area contributed by atoms with Gasteiger partial charge in [0, 0.05) is 38.6 Å². The normalized spacial score (nSPS) is 22.7. The van der Waals surface area contributed by atoms with E-state index in [1.54, 1.807) is 24.3 Å². The number of anilines is 2. The van der Waals surface area contributed by atoms with Gasteiger partial charge >= 0.3 is 5.69 Å². The number of benzene rings is 3. The number of nitrogens with two attached hydrogens (primary N) is 1. The van der Waals surface area contributed by atoms with Crippen LogP contribution >= 0.6 is 0 Å². The Kier molecular flexibility index (Phi) is 10.5. The number of carbonyl (C=O) groups excluding carboxylic acids is 4. The smallest absolute Gasteiger partial charge is 0.335 e. The van der Waals surface area contributed by atoms with E-state index in [0.717, 1.165) is 49.9 Å². The van der Waals surface area contributed by atoms with E-state index < -0.39 is 53.4 Å². The molecule has 0 spiro atoms. The van der Waals surface area contributed by atoms with E-state index >= 15 is 8.78 Å². The van der Waals surface area contributed by atoms with E-state index in [-0.39, 0.29) is 48.1 Å². The van der Waals surface area contributed by atoms with Crippen molar-refractivity contribution in [3.63, 3.8) is 0 Å². The first-order valence-electron chi connectivity index (χ1n) is 21.5. The van der Waals surface area contributed by atoms with Crippen LogP contribution in [-0.2, 0) is 9.59 Å². The highest BCUT2D eigenvalue weighted by molar-refractivity contribution is 6.23. The lowest BCUT2D eigenvalue weighted by Crippen LogP contribution is -2.61. The van der Waals surface area contributed by atoms with E-state index in [0.29, 0.717) is 60.3 Å². The van der Waals surface area contributed by atoms with E-state index in [9.17, 15) is 24.0 Å². The molecule has 5 aliphatic heterocycles. The molecule has 7 heterocycles. The third-order valence-corrected chi connectivity index (χ3v) is 13.4. The van der Waals surface area contributed by atoms with E-state index in [2.05, 4.69) is 25.1 Å². The zero-order valence-electron chi connectivity index (χ0n) is 34.4. The second-order valence-electron chi connectivity index (χ2n) is 17.1. The number of aromatic nitrogens is 4. The van der Waals surface area contributed by atoms with Gasteiger partial charge in [-0.15, -0.1) is 0 Å². The lowest BCUT2D eigenvalue weighted by atomic mass is 9.91. The van der Waals surface area contributed by atoms with Crippen LogP contribution in [0.2, 0.25) is 0 Å². The first-order chi connectivity index (χ1) is 30.5. The maximum absolute atomic E-state index is 16.2. The van der Waals surface area contributed by atoms with Gasteiger partial charge in [0.25, 0.3) is 11.8 Å². The van der Waals surface area contributed by atoms with Gasteiger partial charge in [-0.1, -0.05) is 18.2 Å². The van der Waals surface area contributed by atoms with E-state index in [4.69, 9.17) is 10.5 Å². The summed E-state index contributed by atoms with van der Waals surface area (Å²) in [5.41, 5.74) is 7.28. The number of imidazole rings is 1. The summed E-state index contributed by atoms with van der Waals surface area (Å²) in [5.74, 6) is -1.30. The summed E-state index contributed by atoms with van der Waals surface area (Å²) >= 11 is 0. The fourth-order valence-corrected chi connectivity index (χ4v) is 9.92. The van der Waals surface area contributed by atoms with Crippen LogP contribution in [-0.4, -0.2) is 121 Å². The number of nitrogens with zero attached hydrogens (tertiary/aromatic N) is 8. The lowest BCUT2D eigenvalue weighted by Gasteiger charge is -2.49. The molecule has 1 unspecified atom stereocenters. The first-order valence-corrected chi connectivity index (χ1v) is 21.5. The number of para-hydroxylation sites is 1. The van der Waals surface area contributed by atoms with Crippen molar-refractivity contribution in [2.45, 2.75) is 62.8 Å². The topological polar surface area (TPSA) is 181 Å². The number of ether oxygens (including phenoxy) is 1. The predicted molar refractivity (Wildman–Crippen MR) is 227 cm³/mol. The molecule has 5 aliphatic rings. The molecule has 5 aromatic rings. The predicted octanol–water partition coefficient (Wildman–Crippen LogP) is 4.07. The Hall–Kier alpha value is -6.53. The number of nitrogen functional groups attached to an aromatic ring is 1. The van der Waals surface area contributed by atoms with Crippen molar-refractivity contribution in [3.05, 3.63) is 100 Å². The van der Waals surface area contributed by atoms with Crippen molar-refractivity contribution in [1.29, 1.82) is 0 Å². The summed E-state index contributed by atoms with van der Waals surface area (Å²) in [5, 5.41) is 2.17. The molecule has 4 amide bonds. The van der Waals surface area contributed by atoms with Crippen molar-refractivity contribution >= 4 is 46.3 Å². The van der Waals surface area contributed by atoms with Crippen molar-refractivity contribution < 1.29 is 32.7 Å². The maximum Gasteiger partial charge on any atom is 0.335 e. The van der Waals surface area contributed by atoms with Gasteiger partial charge in [0.05, 0.1) is 28.5 Å². The fraction of sp³-hybridized carbons (Fsp3) is 0.400. The van der Waals surface area contributed by atoms with Crippen LogP contribution in [0.5, 0.6) is 11.5 Å². The van der Waals surface area contributed by atoms with E-state index in [1.165, 1.54) is 21.5 Å². The maximum atomic E-state index is 16.2. The molecular weight excluding hydrogens is 815 g/mol. The minimum absolute atomic E-state index is 0.00561. The van der Waals surface area contributed by atoms with Gasteiger partial charge in [0.15, 0.2) is 11.5 Å². The Bertz CT molecular complexity index is 2680. The molecule has 4 fully saturated rings. The number of likely N-dealkylation sites (tertiary alicyclic amines) is 2. The van der Waals surface area contributed by atoms with Gasteiger partial charge < -0.3 is 20.3 Å². The quantitative estimate of drug-likeness (QED) is 0.193. The van der Waals surface area contributed by atoms with Crippen molar-refractivity contribution in [1.82, 2.24) is 39.1 Å². The molecular formula is C45H46F2N10O6. The van der Waals surface area contributed by atoms with Gasteiger partial charge in [-0.2, -0.15) is 0 Å². The lowest BCUT2D eigenvalue weighted by molar-refractivity contribution is -0.136. The second kappa shape index (κ2) is 16.3. The molecule has 2 aromatic heterocycles. The van der Waals surface area contributed by atoms with Crippen molar-refractivity contribution in [2.24, 2.45) is 5.92 Å². The minimum atomic E-state index is -1.31. The number of amides is 4. The highest BCUT2D eigenvalue weighted by Crippen LogP contribution is 2.36. The second-order valence-corrected chi connectivity index (χ2v) is 17.1. The average Bonchev–Trinajstić information content (AvgIpc) is 3.69. The third kappa shape index (κ3) is 7.39. The Morgan fingerprint density at radius 2 is 1.54 bits per heavy atom. The van der Waals surface area contributed by atoms with Gasteiger partial charge in [-0.05, 0) is 106 Å². The SMILES string of the molecule is Nc1ncnc2c1n(-c1ccc(Oc3ccccc3)cc1)c(=O)n2[C@@H]1CCN(CCC2CCN(C3CN(c4cc5c(cc4F)C(=O)N(C4CCC(=O)NC4=O)C5=O)C3)CC2)C[C@@H]1F. The van der Waals surface area contributed by atoms with Crippen LogP contribution in [0.4, 0.5) is 20.3 Å². The molecule has 0 aliphatic carbocycles. The average molecular weight is 861 g/mol. The summed E-state index contributed by atoms with van der Waals surface area (Å²) in [6, 6.07) is 17.3. The zero-order chi connectivity index (χ0) is 43.5. The number of rotatable bonds is 10. The van der Waals surface area contributed by atoms with Crippen molar-refractivity contribution in [2.75, 3.05) is 56.4 Å². The van der Waals surface area contributed by atoms with Gasteiger partial charge in [0.1, 0.15) is 41.4 Å². The summed E-state index contributed by atoms with van der Waals surface area (Å²) in [4.78, 5) is 80.5. The summed E-state index contributed by atoms with van der Waals surface area (Å²) < 4.78 is 40.4. The monoisotopic (exact) mass is 860 g/mol. The van der Waals surface area contributed by atoms with Crippen LogP contribution < -0.4 is 26.4 Å². The molecule has 0 radical (unpaired) electrons. The van der Waals surface area contributed by atoms with Crippen LogP contribution in [0, 0.1) is 11.7 Å². The number of nitrogens with one attached hydrogen (secondary N) is 1. The summed E-state index contributed by atoms with van der Waals surface area (Å²) in [7, 11) is 0. The zero-order valence-corrected chi connectivity index (χ0v) is 34.4. The fourth-order valence-electron chi connectivity index (χ4n) is 9.92. The van der Waals surface area contributed by atoms with Crippen LogP contribution in [0.1, 0.15) is 65.3 Å². The minimum Gasteiger partial charge on any atom is -0.457 e. The molecule has 10 rings (SSSR count). The van der Waals surface area contributed by atoms with Crippen LogP contribution in [0.25, 0.3) is 16.9 Å². The van der Waals surface area contributed by atoms with Gasteiger partial charge in [0.2, 0.25) is 11.8 Å². The summed E-state index contributed by atoms with van der Waals surface area (Å²) in [6.07, 6.45) is 3.35. The van der Waals surface area contributed by atoms with Gasteiger partial charge in [-0.3, -0.25) is 43.4 Å². The largest absolute Gasteiger partial charge is 0.457 e. The first kappa shape index (κ1) is 40.5. The molecule has 18 heteroatoms. The number of hydrogen-bond donors (Lipinski definition) is 2. The summed E-state index contributed by atoms with van der Waals surface area (Å²) in [6.45, 7) is 4.49. The standard InChI is InChI=1S/C45H46F2N10O6/c46-33-20-31-32(44(61)57(43(31)60)36-10-11-38(58)51-42(36)59)21-37(33)54-22-28(23-54)53-18-13-26(14-19-53)12-16-52-17-15-35(34(47)24-52)56-41-39(40(48)49-25-50-41)55(45(56)62)27-6-8-30(9-7-27)63-29-4-2-1-3-5-29/h1-9,20-21,25-26,28,34-36H,10-19,22-24H2,(H2,48,49,50)(H,51,58,59)/t34-,35+,36?/m0/s1. The van der Waals surface area contributed by atoms with Crippen LogP contribution in [0.15, 0.2) is 77.9 Å². The number of imide groups is 2. The molecule has 326 valence electrons. The molecule has 3 N–H and O–H groups in total. The highest BCUT2D eigenvalue weighted by Gasteiger charge is 2.46. The molecule has 0 bridgehead atoms. The molecule has 0 saturated carbocycles. The molecule has 3 atom stereocenters. The Balaban J connectivity index is 0.720. The number of carbonyl (C=O) groups is 4. The van der Waals surface area contributed by atoms with Crippen LogP contribution in [0.3, 0.4) is 0 Å². The Morgan fingerprint density at radius 1 is 0.825 bits per heavy atom. The Morgan fingerprint density at radius 3 is 2.25 bits per heavy atom. The number of fused-ring (bicyclic) bond motifs is 2. The highest BCUT2D eigenvalue weighted by atomic mass is 19.1. The van der Waals surface area contributed by atoms with Crippen molar-refractivity contribution in [3.8, 4) is 17.2 Å². The number of halogens is 2. The molecule has 3 aromatic carbocycles. The van der Waals surface area contributed by atoms with E-state index in [1.807, 2.05) is 35.2 Å². The molecule has 63 heavy (non-hydrogen) atoms. The molecule has 4 saturated heterocycles. The van der Waals surface area contributed by atoms with Gasteiger partial charge in [-0.25, -0.2) is 23.5 Å². The Labute approximate surface area is 360 Å². The number of piperidine rings is 3. The molecule has 16 nitrogen and oxygen atoms in total. The number of hydrogen-bond acceptors (Lipinski definition) is 12. The number of alkyl halides is 1. The third-order valence-electron chi connectivity index (χ3n) is 13.4.